The number of hydrogen-bond donors (Lipinski definition) is 2. The van der Waals surface area contributed by atoms with Gasteiger partial charge in [0, 0.05) is 17.2 Å². The van der Waals surface area contributed by atoms with Crippen LogP contribution < -0.4 is 5.73 Å². The zero-order valence-corrected chi connectivity index (χ0v) is 12.9. The maximum Gasteiger partial charge on any atom is 0.127 e. The van der Waals surface area contributed by atoms with Gasteiger partial charge in [-0.2, -0.15) is 5.10 Å². The minimum absolute atomic E-state index is 0.0234. The molecule has 0 saturated carbocycles. The number of nitrogen functional groups attached to an aromatic ring is 1. The van der Waals surface area contributed by atoms with Crippen LogP contribution in [0.4, 0.5) is 5.82 Å². The summed E-state index contributed by atoms with van der Waals surface area (Å²) in [5.74, 6) is 0.539. The number of nitrogens with two attached hydrogens (primary N) is 1. The molecule has 5 nitrogen and oxygen atoms in total. The fourth-order valence-electron chi connectivity index (χ4n) is 1.60. The summed E-state index contributed by atoms with van der Waals surface area (Å²) in [6.45, 7) is 9.80. The van der Waals surface area contributed by atoms with E-state index in [2.05, 4.69) is 10.1 Å². The van der Waals surface area contributed by atoms with Gasteiger partial charge >= 0.3 is 0 Å². The highest BCUT2D eigenvalue weighted by atomic mass is 16.3. The van der Waals surface area contributed by atoms with Crippen molar-refractivity contribution in [3.63, 3.8) is 0 Å². The molecule has 2 aromatic rings. The van der Waals surface area contributed by atoms with E-state index < -0.39 is 5.41 Å². The molecule has 0 bridgehead atoms. The van der Waals surface area contributed by atoms with Crippen molar-refractivity contribution in [2.24, 2.45) is 0 Å². The molecule has 2 rings (SSSR count). The van der Waals surface area contributed by atoms with Gasteiger partial charge < -0.3 is 10.8 Å². The summed E-state index contributed by atoms with van der Waals surface area (Å²) in [4.78, 5) is 4.22. The molecular weight excluding hydrogens is 252 g/mol. The highest BCUT2D eigenvalue weighted by Gasteiger charge is 2.24. The summed E-state index contributed by atoms with van der Waals surface area (Å²) in [7, 11) is 0. The molecule has 0 aliphatic carbocycles. The number of aliphatic hydroxyl groups excluding tert-OH is 1. The lowest BCUT2D eigenvalue weighted by Crippen LogP contribution is -2.22. The first-order chi connectivity index (χ1) is 9.44. The Hall–Kier alpha value is -1.88. The third-order valence-corrected chi connectivity index (χ3v) is 2.97. The Labute approximate surface area is 120 Å². The predicted molar refractivity (Wildman–Crippen MR) is 82.0 cm³/mol. The number of anilines is 1. The second-order valence-electron chi connectivity index (χ2n) is 5.07. The van der Waals surface area contributed by atoms with Crippen LogP contribution in [0.25, 0.3) is 5.69 Å². The van der Waals surface area contributed by atoms with Crippen LogP contribution in [0.15, 0.2) is 24.4 Å². The van der Waals surface area contributed by atoms with Crippen molar-refractivity contribution >= 4 is 5.82 Å². The number of aryl methyl sites for hydroxylation is 1. The van der Waals surface area contributed by atoms with Gasteiger partial charge in [0.1, 0.15) is 5.82 Å². The second kappa shape index (κ2) is 6.52. The Bertz CT molecular complexity index is 544. The smallest absolute Gasteiger partial charge is 0.127 e. The number of nitrogens with zero attached hydrogens (tertiary/aromatic N) is 3. The number of aliphatic hydroxyl groups is 1. The Morgan fingerprint density at radius 2 is 1.95 bits per heavy atom. The van der Waals surface area contributed by atoms with E-state index >= 15 is 0 Å². The molecule has 0 saturated heterocycles. The fourth-order valence-corrected chi connectivity index (χ4v) is 1.60. The van der Waals surface area contributed by atoms with Gasteiger partial charge in [0.25, 0.3) is 0 Å². The van der Waals surface area contributed by atoms with Gasteiger partial charge in [-0.05, 0) is 19.1 Å². The molecule has 0 aromatic carbocycles. The van der Waals surface area contributed by atoms with Crippen molar-refractivity contribution in [2.75, 3.05) is 12.3 Å². The largest absolute Gasteiger partial charge is 0.395 e. The molecule has 0 radical (unpaired) electrons. The minimum Gasteiger partial charge on any atom is -0.395 e. The average molecular weight is 276 g/mol. The van der Waals surface area contributed by atoms with E-state index in [-0.39, 0.29) is 6.61 Å². The van der Waals surface area contributed by atoms with Crippen molar-refractivity contribution < 1.29 is 5.11 Å². The van der Waals surface area contributed by atoms with Crippen LogP contribution >= 0.6 is 0 Å². The molecule has 20 heavy (non-hydrogen) atoms. The van der Waals surface area contributed by atoms with Crippen LogP contribution in [0.2, 0.25) is 0 Å². The maximum atomic E-state index is 9.35. The lowest BCUT2D eigenvalue weighted by atomic mass is 9.91. The van der Waals surface area contributed by atoms with Crippen molar-refractivity contribution in [3.05, 3.63) is 35.8 Å². The van der Waals surface area contributed by atoms with Crippen LogP contribution in [0.5, 0.6) is 0 Å². The first kappa shape index (κ1) is 16.2. The first-order valence-corrected chi connectivity index (χ1v) is 6.84. The monoisotopic (exact) mass is 276 g/mol. The fraction of sp³-hybridized carbons (Fsp3) is 0.467. The summed E-state index contributed by atoms with van der Waals surface area (Å²) < 4.78 is 1.64. The van der Waals surface area contributed by atoms with Crippen LogP contribution in [0.1, 0.15) is 39.1 Å². The van der Waals surface area contributed by atoms with Gasteiger partial charge in [-0.1, -0.05) is 27.7 Å². The van der Waals surface area contributed by atoms with E-state index in [0.717, 1.165) is 17.1 Å². The standard InChI is InChI=1S/C13H18N4O.C2H6/c1-9-4-5-10(7-15-9)17-12(14)6-11(16-17)13(2,3)8-18;1-2/h4-7,18H,8,14H2,1-3H3;1-2H3. The third-order valence-electron chi connectivity index (χ3n) is 2.97. The number of pyridine rings is 1. The van der Waals surface area contributed by atoms with E-state index in [4.69, 9.17) is 5.73 Å². The quantitative estimate of drug-likeness (QED) is 0.902. The molecule has 0 aliphatic rings. The van der Waals surface area contributed by atoms with E-state index in [1.54, 1.807) is 16.9 Å². The topological polar surface area (TPSA) is 77.0 Å². The van der Waals surface area contributed by atoms with E-state index in [1.165, 1.54) is 0 Å². The van der Waals surface area contributed by atoms with Crippen LogP contribution in [0, 0.1) is 6.92 Å². The predicted octanol–water partition coefficient (Wildman–Crippen LogP) is 2.45. The molecule has 110 valence electrons. The molecular formula is C15H24N4O. The lowest BCUT2D eigenvalue weighted by Gasteiger charge is -2.18. The van der Waals surface area contributed by atoms with Gasteiger partial charge in [0.2, 0.25) is 0 Å². The van der Waals surface area contributed by atoms with Crippen molar-refractivity contribution in [1.29, 1.82) is 0 Å². The molecule has 0 spiro atoms. The normalized spacial score (nSPS) is 10.9. The van der Waals surface area contributed by atoms with Crippen LogP contribution in [-0.2, 0) is 5.41 Å². The molecule has 0 atom stereocenters. The molecule has 2 heterocycles. The van der Waals surface area contributed by atoms with E-state index in [1.807, 2.05) is 46.8 Å². The number of rotatable bonds is 3. The molecule has 0 unspecified atom stereocenters. The third kappa shape index (κ3) is 3.36. The Kier molecular flexibility index (Phi) is 5.27. The van der Waals surface area contributed by atoms with Crippen molar-refractivity contribution in [2.45, 2.75) is 40.0 Å². The molecule has 0 amide bonds. The van der Waals surface area contributed by atoms with E-state index in [9.17, 15) is 5.11 Å². The summed E-state index contributed by atoms with van der Waals surface area (Å²) in [6.07, 6.45) is 1.73. The molecule has 0 fully saturated rings. The Balaban J connectivity index is 0.000000956. The maximum absolute atomic E-state index is 9.35. The summed E-state index contributed by atoms with van der Waals surface area (Å²) >= 11 is 0. The van der Waals surface area contributed by atoms with Crippen molar-refractivity contribution in [1.82, 2.24) is 14.8 Å². The van der Waals surface area contributed by atoms with Gasteiger partial charge in [-0.25, -0.2) is 4.68 Å². The number of aromatic nitrogens is 3. The minimum atomic E-state index is -0.405. The highest BCUT2D eigenvalue weighted by molar-refractivity contribution is 5.43. The van der Waals surface area contributed by atoms with Crippen LogP contribution in [0.3, 0.4) is 0 Å². The van der Waals surface area contributed by atoms with Gasteiger partial charge in [0.05, 0.1) is 24.2 Å². The second-order valence-corrected chi connectivity index (χ2v) is 5.07. The average Bonchev–Trinajstić information content (AvgIpc) is 2.85. The molecule has 3 N–H and O–H groups in total. The van der Waals surface area contributed by atoms with Gasteiger partial charge in [0.15, 0.2) is 0 Å². The van der Waals surface area contributed by atoms with Gasteiger partial charge in [-0.3, -0.25) is 4.98 Å². The Morgan fingerprint density at radius 1 is 1.30 bits per heavy atom. The summed E-state index contributed by atoms with van der Waals surface area (Å²) in [5, 5.41) is 13.8. The zero-order valence-electron chi connectivity index (χ0n) is 12.9. The van der Waals surface area contributed by atoms with E-state index in [0.29, 0.717) is 5.82 Å². The molecule has 2 aromatic heterocycles. The van der Waals surface area contributed by atoms with Crippen molar-refractivity contribution in [3.8, 4) is 5.69 Å². The Morgan fingerprint density at radius 3 is 2.45 bits per heavy atom. The highest BCUT2D eigenvalue weighted by Crippen LogP contribution is 2.24. The molecule has 5 heteroatoms. The summed E-state index contributed by atoms with van der Waals surface area (Å²) in [6, 6.07) is 5.62. The number of hydrogen-bond acceptors (Lipinski definition) is 4. The SMILES string of the molecule is CC.Cc1ccc(-n2nc(C(C)(C)CO)cc2N)cn1. The summed E-state index contributed by atoms with van der Waals surface area (Å²) in [5.41, 5.74) is 8.08. The lowest BCUT2D eigenvalue weighted by molar-refractivity contribution is 0.215. The first-order valence-electron chi connectivity index (χ1n) is 6.84. The molecule has 0 aliphatic heterocycles. The van der Waals surface area contributed by atoms with Gasteiger partial charge in [-0.15, -0.1) is 0 Å². The van der Waals surface area contributed by atoms with Crippen LogP contribution in [-0.4, -0.2) is 26.5 Å². The zero-order chi connectivity index (χ0) is 15.3.